The quantitative estimate of drug-likeness (QED) is 0.341. The topological polar surface area (TPSA) is 95.3 Å². The van der Waals surface area contributed by atoms with E-state index in [0.717, 1.165) is 24.3 Å². The van der Waals surface area contributed by atoms with E-state index in [4.69, 9.17) is 19.5 Å². The summed E-state index contributed by atoms with van der Waals surface area (Å²) in [6.07, 6.45) is 1.91. The normalized spacial score (nSPS) is 19.0. The minimum atomic E-state index is -0.858. The molecule has 3 aromatic carbocycles. The van der Waals surface area contributed by atoms with E-state index in [1.165, 1.54) is 6.07 Å². The van der Waals surface area contributed by atoms with Crippen LogP contribution in [0.1, 0.15) is 38.2 Å². The molecule has 2 fully saturated rings. The van der Waals surface area contributed by atoms with Gasteiger partial charge in [0.25, 0.3) is 0 Å². The third-order valence-electron chi connectivity index (χ3n) is 7.53. The standard InChI is InChI=1S/C32H34FN3O5/c1-2-39-27-10-11-30(33)31(19-27)35-14-12-26(13-15-35)40-25-8-6-23(7-9-25)36-21-29(17-24(36)18-32(37)38)41-28-5-3-4-22(16-28)20-34/h3-11,16,19,24,26,29H,2,12-15,17-18,21H2,1H3,(H,37,38)/t24-,29-/m1/s1. The molecule has 8 nitrogen and oxygen atoms in total. The van der Waals surface area contributed by atoms with Gasteiger partial charge in [-0.25, -0.2) is 4.39 Å². The molecule has 2 aliphatic rings. The van der Waals surface area contributed by atoms with Gasteiger partial charge in [-0.2, -0.15) is 5.26 Å². The molecule has 0 spiro atoms. The number of nitriles is 1. The van der Waals surface area contributed by atoms with E-state index in [9.17, 15) is 14.3 Å². The highest BCUT2D eigenvalue weighted by Gasteiger charge is 2.35. The van der Waals surface area contributed by atoms with Gasteiger partial charge in [0.2, 0.25) is 0 Å². The maximum absolute atomic E-state index is 14.5. The number of carbonyl (C=O) groups is 1. The van der Waals surface area contributed by atoms with Crippen molar-refractivity contribution < 1.29 is 28.5 Å². The molecule has 214 valence electrons. The molecule has 2 saturated heterocycles. The van der Waals surface area contributed by atoms with Gasteiger partial charge in [0.15, 0.2) is 0 Å². The van der Waals surface area contributed by atoms with Crippen LogP contribution in [-0.4, -0.2) is 55.6 Å². The smallest absolute Gasteiger partial charge is 0.305 e. The van der Waals surface area contributed by atoms with Crippen molar-refractivity contribution in [2.24, 2.45) is 0 Å². The molecule has 3 aromatic rings. The van der Waals surface area contributed by atoms with Gasteiger partial charge in [0.1, 0.15) is 35.3 Å². The largest absolute Gasteiger partial charge is 0.494 e. The number of hydrogen-bond acceptors (Lipinski definition) is 7. The predicted octanol–water partition coefficient (Wildman–Crippen LogP) is 5.64. The zero-order valence-electron chi connectivity index (χ0n) is 23.0. The van der Waals surface area contributed by atoms with E-state index in [2.05, 4.69) is 11.0 Å². The number of piperidine rings is 1. The fraction of sp³-hybridized carbons (Fsp3) is 0.375. The average molecular weight is 560 g/mol. The second-order valence-electron chi connectivity index (χ2n) is 10.4. The molecule has 0 radical (unpaired) electrons. The first-order chi connectivity index (χ1) is 19.9. The molecule has 0 saturated carbocycles. The van der Waals surface area contributed by atoms with Gasteiger partial charge in [-0.3, -0.25) is 4.79 Å². The van der Waals surface area contributed by atoms with Crippen LogP contribution in [0.2, 0.25) is 0 Å². The third kappa shape index (κ3) is 7.01. The Morgan fingerprint density at radius 3 is 2.44 bits per heavy atom. The van der Waals surface area contributed by atoms with Crippen LogP contribution in [-0.2, 0) is 4.79 Å². The number of ether oxygens (including phenoxy) is 3. The molecular formula is C32H34FN3O5. The van der Waals surface area contributed by atoms with E-state index < -0.39 is 5.97 Å². The van der Waals surface area contributed by atoms with Gasteiger partial charge in [0, 0.05) is 50.1 Å². The number of halogens is 1. The minimum absolute atomic E-state index is 0.00297. The maximum atomic E-state index is 14.5. The van der Waals surface area contributed by atoms with Gasteiger partial charge in [-0.05, 0) is 61.5 Å². The van der Waals surface area contributed by atoms with Crippen molar-refractivity contribution in [1.82, 2.24) is 0 Å². The Morgan fingerprint density at radius 2 is 1.73 bits per heavy atom. The Kier molecular flexibility index (Phi) is 8.78. The van der Waals surface area contributed by atoms with Crippen LogP contribution in [0, 0.1) is 17.1 Å². The highest BCUT2D eigenvalue weighted by atomic mass is 19.1. The summed E-state index contributed by atoms with van der Waals surface area (Å²) in [5.41, 5.74) is 1.98. The number of anilines is 2. The molecule has 2 heterocycles. The van der Waals surface area contributed by atoms with Crippen molar-refractivity contribution in [2.75, 3.05) is 36.0 Å². The number of carboxylic acids is 1. The Morgan fingerprint density at radius 1 is 1.00 bits per heavy atom. The molecular weight excluding hydrogens is 525 g/mol. The summed E-state index contributed by atoms with van der Waals surface area (Å²) in [5.74, 6) is 0.895. The van der Waals surface area contributed by atoms with Crippen LogP contribution in [0.25, 0.3) is 0 Å². The van der Waals surface area contributed by atoms with Gasteiger partial charge >= 0.3 is 5.97 Å². The first-order valence-electron chi connectivity index (χ1n) is 14.0. The number of carboxylic acid groups (broad SMARTS) is 1. The molecule has 9 heteroatoms. The first kappa shape index (κ1) is 28.1. The van der Waals surface area contributed by atoms with Crippen molar-refractivity contribution >= 4 is 17.3 Å². The zero-order chi connectivity index (χ0) is 28.8. The molecule has 0 aliphatic carbocycles. The second-order valence-corrected chi connectivity index (χ2v) is 10.4. The molecule has 41 heavy (non-hydrogen) atoms. The number of rotatable bonds is 10. The summed E-state index contributed by atoms with van der Waals surface area (Å²) < 4.78 is 32.4. The summed E-state index contributed by atoms with van der Waals surface area (Å²) in [5, 5.41) is 18.7. The maximum Gasteiger partial charge on any atom is 0.305 e. The Hall–Kier alpha value is -4.45. The van der Waals surface area contributed by atoms with E-state index in [-0.39, 0.29) is 30.5 Å². The molecule has 2 aliphatic heterocycles. The van der Waals surface area contributed by atoms with Crippen LogP contribution < -0.4 is 24.0 Å². The van der Waals surface area contributed by atoms with Crippen molar-refractivity contribution in [2.45, 2.75) is 50.9 Å². The van der Waals surface area contributed by atoms with Crippen LogP contribution in [0.5, 0.6) is 17.2 Å². The summed E-state index contributed by atoms with van der Waals surface area (Å²) >= 11 is 0. The molecule has 1 N–H and O–H groups in total. The molecule has 2 atom stereocenters. The van der Waals surface area contributed by atoms with Crippen LogP contribution in [0.15, 0.2) is 66.7 Å². The van der Waals surface area contributed by atoms with Gasteiger partial charge < -0.3 is 29.1 Å². The van der Waals surface area contributed by atoms with Gasteiger partial charge in [0.05, 0.1) is 36.9 Å². The molecule has 0 unspecified atom stereocenters. The summed E-state index contributed by atoms with van der Waals surface area (Å²) in [7, 11) is 0. The first-order valence-corrected chi connectivity index (χ1v) is 14.0. The zero-order valence-corrected chi connectivity index (χ0v) is 23.0. The molecule has 5 rings (SSSR count). The van der Waals surface area contributed by atoms with Gasteiger partial charge in [-0.1, -0.05) is 6.07 Å². The minimum Gasteiger partial charge on any atom is -0.494 e. The Bertz CT molecular complexity index is 1380. The van der Waals surface area contributed by atoms with Crippen molar-refractivity contribution in [3.05, 3.63) is 78.1 Å². The average Bonchev–Trinajstić information content (AvgIpc) is 3.36. The molecule has 0 amide bonds. The van der Waals surface area contributed by atoms with Crippen LogP contribution in [0.4, 0.5) is 15.8 Å². The molecule has 0 aromatic heterocycles. The lowest BCUT2D eigenvalue weighted by Crippen LogP contribution is -2.38. The monoisotopic (exact) mass is 559 g/mol. The van der Waals surface area contributed by atoms with Crippen LogP contribution in [0.3, 0.4) is 0 Å². The summed E-state index contributed by atoms with van der Waals surface area (Å²) in [6, 6.07) is 21.5. The fourth-order valence-corrected chi connectivity index (χ4v) is 5.62. The summed E-state index contributed by atoms with van der Waals surface area (Å²) in [4.78, 5) is 15.7. The fourth-order valence-electron chi connectivity index (χ4n) is 5.62. The van der Waals surface area contributed by atoms with Crippen LogP contribution >= 0.6 is 0 Å². The van der Waals surface area contributed by atoms with Crippen molar-refractivity contribution in [3.63, 3.8) is 0 Å². The lowest BCUT2D eigenvalue weighted by Gasteiger charge is -2.34. The lowest BCUT2D eigenvalue weighted by atomic mass is 10.1. The summed E-state index contributed by atoms with van der Waals surface area (Å²) in [6.45, 7) is 4.33. The SMILES string of the molecule is CCOc1ccc(F)c(N2CCC(Oc3ccc(N4C[C@H](Oc5cccc(C#N)c5)C[C@@H]4CC(=O)O)cc3)CC2)c1. The number of benzene rings is 3. The van der Waals surface area contributed by atoms with E-state index in [1.807, 2.05) is 36.1 Å². The second kappa shape index (κ2) is 12.8. The number of hydrogen-bond donors (Lipinski definition) is 1. The third-order valence-corrected chi connectivity index (χ3v) is 7.53. The highest BCUT2D eigenvalue weighted by molar-refractivity contribution is 5.69. The Balaban J connectivity index is 1.19. The predicted molar refractivity (Wildman–Crippen MR) is 153 cm³/mol. The number of aliphatic carboxylic acids is 1. The lowest BCUT2D eigenvalue weighted by molar-refractivity contribution is -0.137. The van der Waals surface area contributed by atoms with E-state index >= 15 is 0 Å². The highest BCUT2D eigenvalue weighted by Crippen LogP contribution is 2.33. The van der Waals surface area contributed by atoms with E-state index in [1.54, 1.807) is 36.4 Å². The van der Waals surface area contributed by atoms with E-state index in [0.29, 0.717) is 55.4 Å². The Labute approximate surface area is 239 Å². The van der Waals surface area contributed by atoms with Crippen molar-refractivity contribution in [1.29, 1.82) is 5.26 Å². The number of nitrogens with zero attached hydrogens (tertiary/aromatic N) is 3. The van der Waals surface area contributed by atoms with Crippen molar-refractivity contribution in [3.8, 4) is 23.3 Å². The van der Waals surface area contributed by atoms with Gasteiger partial charge in [-0.15, -0.1) is 0 Å². The molecule has 0 bridgehead atoms.